The summed E-state index contributed by atoms with van der Waals surface area (Å²) in [6.07, 6.45) is 0. The first-order valence-electron chi connectivity index (χ1n) is 3.80. The van der Waals surface area contributed by atoms with Gasteiger partial charge in [0.05, 0.1) is 10.0 Å². The third-order valence-corrected chi connectivity index (χ3v) is 2.40. The number of nitrogens with zero attached hydrogens (tertiary/aromatic N) is 1. The van der Waals surface area contributed by atoms with E-state index >= 15 is 0 Å². The van der Waals surface area contributed by atoms with Gasteiger partial charge in [-0.05, 0) is 28.1 Å². The minimum Gasteiger partial charge on any atom is -0.345 e. The van der Waals surface area contributed by atoms with Crippen LogP contribution < -0.4 is 0 Å². The van der Waals surface area contributed by atoms with Gasteiger partial charge in [-0.15, -0.1) is 0 Å². The zero-order chi connectivity index (χ0) is 10.9. The fourth-order valence-corrected chi connectivity index (χ4v) is 1.28. The molecule has 5 heteroatoms. The van der Waals surface area contributed by atoms with Gasteiger partial charge in [-0.2, -0.15) is 0 Å². The Morgan fingerprint density at radius 2 is 1.93 bits per heavy atom. The second kappa shape index (κ2) is 4.04. The Kier molecular flexibility index (Phi) is 3.21. The summed E-state index contributed by atoms with van der Waals surface area (Å²) in [4.78, 5) is 12.6. The Balaban J connectivity index is 3.24. The molecule has 1 amide bonds. The van der Waals surface area contributed by atoms with Crippen molar-refractivity contribution in [3.05, 3.63) is 33.8 Å². The molecule has 1 aromatic carbocycles. The van der Waals surface area contributed by atoms with Gasteiger partial charge in [-0.3, -0.25) is 4.79 Å². The Hall–Kier alpha value is -0.970. The molecule has 0 aliphatic heterocycles. The van der Waals surface area contributed by atoms with E-state index in [1.54, 1.807) is 0 Å². The van der Waals surface area contributed by atoms with Crippen molar-refractivity contribution in [3.63, 3.8) is 0 Å². The number of amides is 1. The summed E-state index contributed by atoms with van der Waals surface area (Å²) in [6, 6.07) is 2.17. The molecule has 0 spiro atoms. The van der Waals surface area contributed by atoms with Gasteiger partial charge >= 0.3 is 0 Å². The molecule has 0 fully saturated rings. The molecule has 14 heavy (non-hydrogen) atoms. The van der Waals surface area contributed by atoms with Crippen LogP contribution in [0.15, 0.2) is 16.6 Å². The maximum absolute atomic E-state index is 13.3. The molecule has 0 aromatic heterocycles. The first-order valence-corrected chi connectivity index (χ1v) is 4.59. The van der Waals surface area contributed by atoms with Crippen LogP contribution in [0.1, 0.15) is 10.4 Å². The van der Waals surface area contributed by atoms with Crippen molar-refractivity contribution < 1.29 is 13.6 Å². The van der Waals surface area contributed by atoms with Crippen LogP contribution in [0.4, 0.5) is 8.78 Å². The lowest BCUT2D eigenvalue weighted by molar-refractivity contribution is 0.0823. The van der Waals surface area contributed by atoms with Crippen LogP contribution in [0.25, 0.3) is 0 Å². The Labute approximate surface area is 88.6 Å². The number of carbonyl (C=O) groups is 1. The van der Waals surface area contributed by atoms with Crippen molar-refractivity contribution >= 4 is 21.8 Å². The van der Waals surface area contributed by atoms with Crippen LogP contribution in [0.5, 0.6) is 0 Å². The normalized spacial score (nSPS) is 10.1. The Bertz CT molecular complexity index is 379. The van der Waals surface area contributed by atoms with Crippen molar-refractivity contribution in [2.75, 3.05) is 14.1 Å². The number of halogens is 3. The van der Waals surface area contributed by atoms with Gasteiger partial charge in [0.2, 0.25) is 0 Å². The standard InChI is InChI=1S/C9H8BrF2NO/c1-13(2)9(14)5-3-4-6(11)7(10)8(5)12/h3-4H,1-2H3. The minimum absolute atomic E-state index is 0.150. The molecule has 0 heterocycles. The molecule has 0 aliphatic carbocycles. The van der Waals surface area contributed by atoms with E-state index in [1.165, 1.54) is 19.0 Å². The molecule has 0 saturated carbocycles. The Morgan fingerprint density at radius 1 is 1.36 bits per heavy atom. The van der Waals surface area contributed by atoms with Crippen LogP contribution in [-0.2, 0) is 0 Å². The third-order valence-electron chi connectivity index (χ3n) is 1.67. The number of benzene rings is 1. The summed E-state index contributed by atoms with van der Waals surface area (Å²) in [7, 11) is 3.00. The van der Waals surface area contributed by atoms with Gasteiger partial charge in [0.15, 0.2) is 5.82 Å². The molecule has 76 valence electrons. The van der Waals surface area contributed by atoms with E-state index < -0.39 is 17.5 Å². The van der Waals surface area contributed by atoms with Crippen LogP contribution in [0.3, 0.4) is 0 Å². The van der Waals surface area contributed by atoms with E-state index in [4.69, 9.17) is 0 Å². The van der Waals surface area contributed by atoms with Gasteiger partial charge in [0, 0.05) is 14.1 Å². The van der Waals surface area contributed by atoms with E-state index in [0.717, 1.165) is 12.1 Å². The lowest BCUT2D eigenvalue weighted by Gasteiger charge is -2.11. The minimum atomic E-state index is -0.872. The average Bonchev–Trinajstić information content (AvgIpc) is 2.13. The monoisotopic (exact) mass is 263 g/mol. The highest BCUT2D eigenvalue weighted by Gasteiger charge is 2.17. The van der Waals surface area contributed by atoms with Gasteiger partial charge in [-0.25, -0.2) is 8.78 Å². The van der Waals surface area contributed by atoms with Crippen LogP contribution in [-0.4, -0.2) is 24.9 Å². The number of carbonyl (C=O) groups excluding carboxylic acids is 1. The van der Waals surface area contributed by atoms with Crippen molar-refractivity contribution in [2.24, 2.45) is 0 Å². The molecule has 0 saturated heterocycles. The summed E-state index contributed by atoms with van der Waals surface area (Å²) in [5.41, 5.74) is -0.150. The second-order valence-corrected chi connectivity index (χ2v) is 3.72. The first-order chi connectivity index (χ1) is 6.45. The van der Waals surface area contributed by atoms with E-state index in [1.807, 2.05) is 0 Å². The zero-order valence-electron chi connectivity index (χ0n) is 7.64. The molecule has 1 rings (SSSR count). The van der Waals surface area contributed by atoms with Gasteiger partial charge < -0.3 is 4.90 Å². The predicted molar refractivity (Wildman–Crippen MR) is 52.1 cm³/mol. The number of rotatable bonds is 1. The Morgan fingerprint density at radius 3 is 2.43 bits per heavy atom. The molecule has 0 unspecified atom stereocenters. The predicted octanol–water partition coefficient (Wildman–Crippen LogP) is 2.43. The van der Waals surface area contributed by atoms with Crippen molar-refractivity contribution in [2.45, 2.75) is 0 Å². The summed E-state index contributed by atoms with van der Waals surface area (Å²) >= 11 is 2.73. The lowest BCUT2D eigenvalue weighted by Crippen LogP contribution is -2.23. The van der Waals surface area contributed by atoms with Gasteiger partial charge in [0.1, 0.15) is 5.82 Å². The highest BCUT2D eigenvalue weighted by atomic mass is 79.9. The quantitative estimate of drug-likeness (QED) is 0.713. The molecule has 0 radical (unpaired) electrons. The van der Waals surface area contributed by atoms with E-state index in [2.05, 4.69) is 15.9 Å². The van der Waals surface area contributed by atoms with Crippen molar-refractivity contribution in [1.29, 1.82) is 0 Å². The topological polar surface area (TPSA) is 20.3 Å². The van der Waals surface area contributed by atoms with E-state index in [9.17, 15) is 13.6 Å². The van der Waals surface area contributed by atoms with Crippen LogP contribution in [0, 0.1) is 11.6 Å². The zero-order valence-corrected chi connectivity index (χ0v) is 9.23. The molecule has 0 bridgehead atoms. The molecule has 0 N–H and O–H groups in total. The summed E-state index contributed by atoms with van der Waals surface area (Å²) in [5.74, 6) is -2.09. The van der Waals surface area contributed by atoms with Gasteiger partial charge in [-0.1, -0.05) is 0 Å². The van der Waals surface area contributed by atoms with Gasteiger partial charge in [0.25, 0.3) is 5.91 Å². The largest absolute Gasteiger partial charge is 0.345 e. The van der Waals surface area contributed by atoms with Crippen molar-refractivity contribution in [3.8, 4) is 0 Å². The SMILES string of the molecule is CN(C)C(=O)c1ccc(F)c(Br)c1F. The average molecular weight is 264 g/mol. The highest BCUT2D eigenvalue weighted by molar-refractivity contribution is 9.10. The molecular formula is C9H8BrF2NO. The van der Waals surface area contributed by atoms with Crippen molar-refractivity contribution in [1.82, 2.24) is 4.90 Å². The first kappa shape index (κ1) is 11.1. The molecule has 1 aromatic rings. The summed E-state index contributed by atoms with van der Waals surface area (Å²) in [6.45, 7) is 0. The molecule has 0 atom stereocenters. The molecular weight excluding hydrogens is 256 g/mol. The smallest absolute Gasteiger partial charge is 0.256 e. The number of hydrogen-bond acceptors (Lipinski definition) is 1. The maximum Gasteiger partial charge on any atom is 0.256 e. The summed E-state index contributed by atoms with van der Waals surface area (Å²) in [5, 5.41) is 0. The molecule has 2 nitrogen and oxygen atoms in total. The number of hydrogen-bond donors (Lipinski definition) is 0. The lowest BCUT2D eigenvalue weighted by atomic mass is 10.2. The highest BCUT2D eigenvalue weighted by Crippen LogP contribution is 2.22. The third kappa shape index (κ3) is 1.92. The fourth-order valence-electron chi connectivity index (χ4n) is 0.932. The van der Waals surface area contributed by atoms with E-state index in [0.29, 0.717) is 0 Å². The maximum atomic E-state index is 13.3. The summed E-state index contributed by atoms with van der Waals surface area (Å²) < 4.78 is 25.8. The van der Waals surface area contributed by atoms with Crippen LogP contribution >= 0.6 is 15.9 Å². The van der Waals surface area contributed by atoms with E-state index in [-0.39, 0.29) is 10.0 Å². The van der Waals surface area contributed by atoms with Crippen LogP contribution in [0.2, 0.25) is 0 Å². The second-order valence-electron chi connectivity index (χ2n) is 2.92. The molecule has 0 aliphatic rings. The fraction of sp³-hybridized carbons (Fsp3) is 0.222.